The molecule has 4 atom stereocenters. The van der Waals surface area contributed by atoms with Gasteiger partial charge in [-0.05, 0) is 53.2 Å². The largest absolute Gasteiger partial charge is 0.103 e. The molecule has 3 aliphatic carbocycles. The Morgan fingerprint density at radius 1 is 1.11 bits per heavy atom. The van der Waals surface area contributed by atoms with E-state index in [2.05, 4.69) is 81.1 Å². The lowest BCUT2D eigenvalue weighted by Crippen LogP contribution is -2.46. The van der Waals surface area contributed by atoms with Gasteiger partial charge in [-0.1, -0.05) is 100 Å². The van der Waals surface area contributed by atoms with Crippen molar-refractivity contribution < 1.29 is 0 Å². The molecule has 0 spiro atoms. The van der Waals surface area contributed by atoms with E-state index in [9.17, 15) is 0 Å². The summed E-state index contributed by atoms with van der Waals surface area (Å²) in [6.07, 6.45) is 23.3. The van der Waals surface area contributed by atoms with Crippen molar-refractivity contribution in [3.63, 3.8) is 0 Å². The van der Waals surface area contributed by atoms with Gasteiger partial charge in [0.2, 0.25) is 0 Å². The van der Waals surface area contributed by atoms with Crippen molar-refractivity contribution in [3.8, 4) is 0 Å². The zero-order valence-corrected chi connectivity index (χ0v) is 17.7. The molecule has 0 heterocycles. The fourth-order valence-corrected chi connectivity index (χ4v) is 6.86. The standard InChI is InChI=1S/C28H36/c1-4-7-13-22-20-27(25-18-11-10-17-24(22)25)28(23-15-8-9-16-23)19-12-14-21(5-2)26(28)6-3/h4,8-11,15-18,20-21,23,26-27H,1,5-7,12-14,19H2,2-3H3. The number of hydrogen-bond acceptors (Lipinski definition) is 0. The maximum absolute atomic E-state index is 3.96. The first-order chi connectivity index (χ1) is 13.8. The number of allylic oxidation sites excluding steroid dienone is 7. The Labute approximate surface area is 172 Å². The molecule has 0 aromatic heterocycles. The molecule has 4 rings (SSSR count). The van der Waals surface area contributed by atoms with Gasteiger partial charge in [0.25, 0.3) is 0 Å². The molecule has 1 aromatic rings. The molecule has 148 valence electrons. The molecular weight excluding hydrogens is 336 g/mol. The molecule has 1 saturated carbocycles. The first-order valence-corrected chi connectivity index (χ1v) is 11.5. The van der Waals surface area contributed by atoms with Crippen molar-refractivity contribution in [2.75, 3.05) is 0 Å². The van der Waals surface area contributed by atoms with Crippen LogP contribution in [0.3, 0.4) is 0 Å². The maximum Gasteiger partial charge on any atom is 0.00979 e. The number of rotatable bonds is 7. The predicted molar refractivity (Wildman–Crippen MR) is 122 cm³/mol. The van der Waals surface area contributed by atoms with Gasteiger partial charge < -0.3 is 0 Å². The number of hydrogen-bond donors (Lipinski definition) is 0. The van der Waals surface area contributed by atoms with Crippen molar-refractivity contribution >= 4 is 5.57 Å². The Bertz CT molecular complexity index is 780. The minimum Gasteiger partial charge on any atom is -0.103 e. The molecule has 0 heteroatoms. The second-order valence-electron chi connectivity index (χ2n) is 9.07. The zero-order chi connectivity index (χ0) is 19.6. The molecule has 1 aromatic carbocycles. The summed E-state index contributed by atoms with van der Waals surface area (Å²) in [7, 11) is 0. The molecule has 0 N–H and O–H groups in total. The zero-order valence-electron chi connectivity index (χ0n) is 17.7. The SMILES string of the molecule is C=CCCC1=CC(C2(C3C=CC=C3)CCCC(CC)C2CC)c2ccccc21. The molecule has 28 heavy (non-hydrogen) atoms. The van der Waals surface area contributed by atoms with Crippen molar-refractivity contribution in [2.24, 2.45) is 23.2 Å². The number of fused-ring (bicyclic) bond motifs is 1. The summed E-state index contributed by atoms with van der Waals surface area (Å²) in [6, 6.07) is 9.26. The maximum atomic E-state index is 3.96. The predicted octanol–water partition coefficient (Wildman–Crippen LogP) is 8.10. The van der Waals surface area contributed by atoms with E-state index in [0.29, 0.717) is 17.3 Å². The average molecular weight is 373 g/mol. The van der Waals surface area contributed by atoms with Gasteiger partial charge in [-0.3, -0.25) is 0 Å². The van der Waals surface area contributed by atoms with E-state index in [-0.39, 0.29) is 0 Å². The Kier molecular flexibility index (Phi) is 5.76. The Morgan fingerprint density at radius 2 is 1.89 bits per heavy atom. The van der Waals surface area contributed by atoms with Gasteiger partial charge in [-0.15, -0.1) is 6.58 Å². The third kappa shape index (κ3) is 3.06. The van der Waals surface area contributed by atoms with Gasteiger partial charge in [0.1, 0.15) is 0 Å². The Balaban J connectivity index is 1.85. The van der Waals surface area contributed by atoms with Crippen molar-refractivity contribution in [3.05, 3.63) is 78.4 Å². The summed E-state index contributed by atoms with van der Waals surface area (Å²) in [5.74, 6) is 2.76. The van der Waals surface area contributed by atoms with Gasteiger partial charge >= 0.3 is 0 Å². The van der Waals surface area contributed by atoms with Crippen molar-refractivity contribution in [1.29, 1.82) is 0 Å². The van der Waals surface area contributed by atoms with Crippen LogP contribution in [0.4, 0.5) is 0 Å². The topological polar surface area (TPSA) is 0 Å². The molecular formula is C28H36. The summed E-state index contributed by atoms with van der Waals surface area (Å²) in [4.78, 5) is 0. The van der Waals surface area contributed by atoms with Gasteiger partial charge in [0.15, 0.2) is 0 Å². The van der Waals surface area contributed by atoms with E-state index in [4.69, 9.17) is 0 Å². The van der Waals surface area contributed by atoms with Gasteiger partial charge in [-0.2, -0.15) is 0 Å². The summed E-state index contributed by atoms with van der Waals surface area (Å²) >= 11 is 0. The highest BCUT2D eigenvalue weighted by Gasteiger charge is 2.53. The van der Waals surface area contributed by atoms with Crippen LogP contribution >= 0.6 is 0 Å². The second kappa shape index (κ2) is 8.27. The molecule has 4 unspecified atom stereocenters. The summed E-state index contributed by atoms with van der Waals surface area (Å²) in [5, 5.41) is 0. The van der Waals surface area contributed by atoms with E-state index >= 15 is 0 Å². The summed E-state index contributed by atoms with van der Waals surface area (Å²) < 4.78 is 0. The minimum absolute atomic E-state index is 0.323. The highest BCUT2D eigenvalue weighted by molar-refractivity contribution is 5.75. The fraction of sp³-hybridized carbons (Fsp3) is 0.500. The minimum atomic E-state index is 0.323. The Morgan fingerprint density at radius 3 is 2.61 bits per heavy atom. The molecule has 3 aliphatic rings. The van der Waals surface area contributed by atoms with Crippen LogP contribution in [0.5, 0.6) is 0 Å². The normalized spacial score (nSPS) is 31.8. The van der Waals surface area contributed by atoms with Crippen LogP contribution in [0.2, 0.25) is 0 Å². The first kappa shape index (κ1) is 19.5. The van der Waals surface area contributed by atoms with E-state index in [1.807, 2.05) is 0 Å². The lowest BCUT2D eigenvalue weighted by Gasteiger charge is -2.54. The lowest BCUT2D eigenvalue weighted by atomic mass is 9.49. The highest BCUT2D eigenvalue weighted by Crippen LogP contribution is 2.63. The Hall–Kier alpha value is -1.82. The average Bonchev–Trinajstić information content (AvgIpc) is 3.40. The molecule has 0 aliphatic heterocycles. The second-order valence-corrected chi connectivity index (χ2v) is 9.07. The molecule has 0 radical (unpaired) electrons. The molecule has 0 saturated heterocycles. The molecule has 0 amide bonds. The van der Waals surface area contributed by atoms with Crippen LogP contribution in [0.1, 0.15) is 75.8 Å². The summed E-state index contributed by atoms with van der Waals surface area (Å²) in [6.45, 7) is 8.82. The fourth-order valence-electron chi connectivity index (χ4n) is 6.86. The highest BCUT2D eigenvalue weighted by atomic mass is 14.6. The van der Waals surface area contributed by atoms with E-state index in [1.54, 1.807) is 11.1 Å². The van der Waals surface area contributed by atoms with E-state index in [0.717, 1.165) is 24.7 Å². The smallest absolute Gasteiger partial charge is 0.00979 e. The van der Waals surface area contributed by atoms with Gasteiger partial charge in [0.05, 0.1) is 0 Å². The third-order valence-corrected chi connectivity index (χ3v) is 7.98. The first-order valence-electron chi connectivity index (χ1n) is 11.5. The van der Waals surface area contributed by atoms with Crippen molar-refractivity contribution in [1.82, 2.24) is 0 Å². The van der Waals surface area contributed by atoms with Crippen LogP contribution in [-0.2, 0) is 0 Å². The molecule has 0 bridgehead atoms. The van der Waals surface area contributed by atoms with E-state index in [1.165, 1.54) is 37.7 Å². The van der Waals surface area contributed by atoms with Gasteiger partial charge in [-0.25, -0.2) is 0 Å². The summed E-state index contributed by atoms with van der Waals surface area (Å²) in [5.41, 5.74) is 4.97. The van der Waals surface area contributed by atoms with Crippen LogP contribution in [0.25, 0.3) is 5.57 Å². The lowest BCUT2D eigenvalue weighted by molar-refractivity contribution is 0.000443. The van der Waals surface area contributed by atoms with Crippen molar-refractivity contribution in [2.45, 2.75) is 64.7 Å². The van der Waals surface area contributed by atoms with Crippen LogP contribution in [-0.4, -0.2) is 0 Å². The monoisotopic (exact) mass is 372 g/mol. The van der Waals surface area contributed by atoms with Crippen LogP contribution in [0.15, 0.2) is 67.3 Å². The quantitative estimate of drug-likeness (QED) is 0.424. The van der Waals surface area contributed by atoms with E-state index < -0.39 is 0 Å². The van der Waals surface area contributed by atoms with Gasteiger partial charge in [0, 0.05) is 11.8 Å². The van der Waals surface area contributed by atoms with Crippen LogP contribution < -0.4 is 0 Å². The molecule has 1 fully saturated rings. The van der Waals surface area contributed by atoms with Crippen LogP contribution in [0, 0.1) is 23.2 Å². The molecule has 0 nitrogen and oxygen atoms in total. The number of benzene rings is 1. The third-order valence-electron chi connectivity index (χ3n) is 7.98.